The van der Waals surface area contributed by atoms with E-state index in [-0.39, 0.29) is 24.3 Å². The second kappa shape index (κ2) is 8.93. The summed E-state index contributed by atoms with van der Waals surface area (Å²) in [5.41, 5.74) is 0. The molecule has 0 aromatic carbocycles. The first kappa shape index (κ1) is 15.8. The Morgan fingerprint density at radius 2 is 1.12 bits per heavy atom. The van der Waals surface area contributed by atoms with Gasteiger partial charge in [-0.15, -0.1) is 0 Å². The molecule has 0 aromatic rings. The molecule has 0 aliphatic rings. The van der Waals surface area contributed by atoms with E-state index < -0.39 is 0 Å². The van der Waals surface area contributed by atoms with Gasteiger partial charge in [-0.2, -0.15) is 0 Å². The highest BCUT2D eigenvalue weighted by Gasteiger charge is 2.13. The molecule has 0 fully saturated rings. The van der Waals surface area contributed by atoms with E-state index in [1.54, 1.807) is 13.8 Å². The van der Waals surface area contributed by atoms with Gasteiger partial charge in [0.25, 0.3) is 0 Å². The molecule has 16 heavy (non-hydrogen) atoms. The van der Waals surface area contributed by atoms with Crippen LogP contribution in [-0.4, -0.2) is 47.6 Å². The van der Waals surface area contributed by atoms with Gasteiger partial charge in [0, 0.05) is 25.2 Å². The zero-order valence-electron chi connectivity index (χ0n) is 11.0. The largest absolute Gasteiger partial charge is 0.392 e. The molecule has 0 spiro atoms. The van der Waals surface area contributed by atoms with Crippen LogP contribution < -0.4 is 10.6 Å². The van der Waals surface area contributed by atoms with Crippen LogP contribution in [0, 0.1) is 0 Å². The number of hydrogen-bond acceptors (Lipinski definition) is 4. The zero-order valence-corrected chi connectivity index (χ0v) is 11.0. The van der Waals surface area contributed by atoms with Crippen molar-refractivity contribution in [1.82, 2.24) is 10.6 Å². The normalized spacial score (nSPS) is 19.1. The van der Waals surface area contributed by atoms with Crippen molar-refractivity contribution >= 4 is 0 Å². The Kier molecular flexibility index (Phi) is 8.84. The summed E-state index contributed by atoms with van der Waals surface area (Å²) in [4.78, 5) is 0. The van der Waals surface area contributed by atoms with Crippen LogP contribution in [0.15, 0.2) is 0 Å². The summed E-state index contributed by atoms with van der Waals surface area (Å²) in [7, 11) is 0. The summed E-state index contributed by atoms with van der Waals surface area (Å²) in [5.74, 6) is 0. The Morgan fingerprint density at radius 1 is 0.812 bits per heavy atom. The van der Waals surface area contributed by atoms with Crippen molar-refractivity contribution in [3.05, 3.63) is 0 Å². The fraction of sp³-hybridized carbons (Fsp3) is 1.00. The monoisotopic (exact) mass is 232 g/mol. The Bertz CT molecular complexity index is 145. The molecule has 4 unspecified atom stereocenters. The lowest BCUT2D eigenvalue weighted by molar-refractivity contribution is 0.135. The number of rotatable bonds is 9. The molecular formula is C12H28N2O2. The quantitative estimate of drug-likeness (QED) is 0.437. The number of aliphatic hydroxyl groups is 2. The molecule has 4 N–H and O–H groups in total. The molecule has 0 saturated heterocycles. The molecule has 0 aromatic heterocycles. The zero-order chi connectivity index (χ0) is 12.6. The van der Waals surface area contributed by atoms with E-state index in [1.807, 2.05) is 0 Å². The fourth-order valence-corrected chi connectivity index (χ4v) is 1.83. The molecule has 0 saturated carbocycles. The Labute approximate surface area is 99.4 Å². The van der Waals surface area contributed by atoms with E-state index in [9.17, 15) is 10.2 Å². The molecule has 0 aliphatic heterocycles. The summed E-state index contributed by atoms with van der Waals surface area (Å²) in [6.07, 6.45) is 1.21. The molecule has 4 nitrogen and oxygen atoms in total. The van der Waals surface area contributed by atoms with Crippen molar-refractivity contribution in [2.45, 2.75) is 64.8 Å². The van der Waals surface area contributed by atoms with Crippen molar-refractivity contribution in [2.75, 3.05) is 13.1 Å². The molecule has 0 aliphatic carbocycles. The van der Waals surface area contributed by atoms with Gasteiger partial charge in [-0.25, -0.2) is 0 Å². The summed E-state index contributed by atoms with van der Waals surface area (Å²) in [5, 5.41) is 25.5. The van der Waals surface area contributed by atoms with E-state index in [0.29, 0.717) is 0 Å². The number of hydrogen-bond donors (Lipinski definition) is 4. The van der Waals surface area contributed by atoms with Crippen molar-refractivity contribution < 1.29 is 10.2 Å². The van der Waals surface area contributed by atoms with Crippen LogP contribution in [0.3, 0.4) is 0 Å². The van der Waals surface area contributed by atoms with E-state index in [0.717, 1.165) is 25.9 Å². The molecule has 0 bridgehead atoms. The average Bonchev–Trinajstić information content (AvgIpc) is 2.22. The van der Waals surface area contributed by atoms with Gasteiger partial charge in [0.2, 0.25) is 0 Å². The third-order valence-electron chi connectivity index (χ3n) is 2.98. The van der Waals surface area contributed by atoms with Crippen molar-refractivity contribution in [1.29, 1.82) is 0 Å². The minimum Gasteiger partial charge on any atom is -0.392 e. The minimum absolute atomic E-state index is 0.161. The van der Waals surface area contributed by atoms with Gasteiger partial charge in [0.1, 0.15) is 0 Å². The van der Waals surface area contributed by atoms with Gasteiger partial charge < -0.3 is 20.8 Å². The van der Waals surface area contributed by atoms with E-state index >= 15 is 0 Å². The van der Waals surface area contributed by atoms with Gasteiger partial charge in [0.15, 0.2) is 0 Å². The Balaban J connectivity index is 3.65. The summed E-state index contributed by atoms with van der Waals surface area (Å²) >= 11 is 0. The third kappa shape index (κ3) is 6.43. The highest BCUT2D eigenvalue weighted by molar-refractivity contribution is 4.74. The highest BCUT2D eigenvalue weighted by Crippen LogP contribution is 1.98. The second-order valence-corrected chi connectivity index (χ2v) is 4.42. The molecule has 98 valence electrons. The van der Waals surface area contributed by atoms with Crippen LogP contribution in [0.2, 0.25) is 0 Å². The number of aliphatic hydroxyl groups excluding tert-OH is 2. The van der Waals surface area contributed by atoms with Crippen LogP contribution >= 0.6 is 0 Å². The van der Waals surface area contributed by atoms with Gasteiger partial charge in [-0.05, 0) is 26.7 Å². The van der Waals surface area contributed by atoms with Crippen molar-refractivity contribution in [3.8, 4) is 0 Å². The van der Waals surface area contributed by atoms with Crippen LogP contribution in [-0.2, 0) is 0 Å². The van der Waals surface area contributed by atoms with E-state index in [4.69, 9.17) is 0 Å². The fourth-order valence-electron chi connectivity index (χ4n) is 1.83. The first-order chi connectivity index (χ1) is 7.52. The van der Waals surface area contributed by atoms with E-state index in [1.165, 1.54) is 0 Å². The standard InChI is InChI=1S/C12H28N2O2/c1-5-11(9(3)15)13-7-8-14-12(6-2)10(4)16/h9-16H,5-8H2,1-4H3. The number of nitrogens with one attached hydrogen (secondary N) is 2. The smallest absolute Gasteiger partial charge is 0.0664 e. The Hall–Kier alpha value is -0.160. The van der Waals surface area contributed by atoms with Crippen molar-refractivity contribution in [3.63, 3.8) is 0 Å². The first-order valence-electron chi connectivity index (χ1n) is 6.35. The molecule has 0 amide bonds. The van der Waals surface area contributed by atoms with Crippen LogP contribution in [0.4, 0.5) is 0 Å². The first-order valence-corrected chi connectivity index (χ1v) is 6.35. The van der Waals surface area contributed by atoms with Gasteiger partial charge in [-0.1, -0.05) is 13.8 Å². The summed E-state index contributed by atoms with van der Waals surface area (Å²) < 4.78 is 0. The summed E-state index contributed by atoms with van der Waals surface area (Å²) in [6.45, 7) is 9.35. The lowest BCUT2D eigenvalue weighted by Crippen LogP contribution is -2.45. The maximum Gasteiger partial charge on any atom is 0.0664 e. The lowest BCUT2D eigenvalue weighted by atomic mass is 10.1. The molecule has 4 heteroatoms. The maximum atomic E-state index is 9.43. The van der Waals surface area contributed by atoms with Gasteiger partial charge in [0.05, 0.1) is 12.2 Å². The Morgan fingerprint density at radius 3 is 1.31 bits per heavy atom. The topological polar surface area (TPSA) is 64.5 Å². The lowest BCUT2D eigenvalue weighted by Gasteiger charge is -2.23. The highest BCUT2D eigenvalue weighted by atomic mass is 16.3. The van der Waals surface area contributed by atoms with Crippen LogP contribution in [0.25, 0.3) is 0 Å². The van der Waals surface area contributed by atoms with E-state index in [2.05, 4.69) is 24.5 Å². The van der Waals surface area contributed by atoms with Gasteiger partial charge in [-0.3, -0.25) is 0 Å². The van der Waals surface area contributed by atoms with Gasteiger partial charge >= 0.3 is 0 Å². The molecule has 0 rings (SSSR count). The molecular weight excluding hydrogens is 204 g/mol. The summed E-state index contributed by atoms with van der Waals surface area (Å²) in [6, 6.07) is 0.321. The second-order valence-electron chi connectivity index (χ2n) is 4.42. The SMILES string of the molecule is CCC(NCCNC(CC)C(C)O)C(C)O. The van der Waals surface area contributed by atoms with Crippen LogP contribution in [0.1, 0.15) is 40.5 Å². The predicted molar refractivity (Wildman–Crippen MR) is 67.5 cm³/mol. The molecule has 0 radical (unpaired) electrons. The van der Waals surface area contributed by atoms with Crippen molar-refractivity contribution in [2.24, 2.45) is 0 Å². The molecule has 0 heterocycles. The van der Waals surface area contributed by atoms with Crippen LogP contribution in [0.5, 0.6) is 0 Å². The molecule has 4 atom stereocenters. The third-order valence-corrected chi connectivity index (χ3v) is 2.98. The predicted octanol–water partition coefficient (Wildman–Crippen LogP) is 0.484. The average molecular weight is 232 g/mol. The maximum absolute atomic E-state index is 9.43. The minimum atomic E-state index is -0.316.